The number of esters is 1. The zero-order valence-corrected chi connectivity index (χ0v) is 42.9. The lowest BCUT2D eigenvalue weighted by Gasteiger charge is -2.24. The lowest BCUT2D eigenvalue weighted by atomic mass is 10.0. The molecule has 0 aliphatic rings. The van der Waals surface area contributed by atoms with Crippen LogP contribution in [0, 0.1) is 0 Å². The summed E-state index contributed by atoms with van der Waals surface area (Å²) in [7, 11) is 0. The van der Waals surface area contributed by atoms with Crippen LogP contribution in [0.1, 0.15) is 265 Å². The van der Waals surface area contributed by atoms with Gasteiger partial charge < -0.3 is 20.3 Å². The highest BCUT2D eigenvalue weighted by molar-refractivity contribution is 5.77. The van der Waals surface area contributed by atoms with E-state index in [9.17, 15) is 19.8 Å². The third-order valence-corrected chi connectivity index (χ3v) is 12.3. The maximum atomic E-state index is 13.2. The van der Waals surface area contributed by atoms with Crippen LogP contribution in [-0.4, -0.2) is 46.9 Å². The molecule has 0 rings (SSSR count). The number of nitrogens with one attached hydrogen (secondary N) is 1. The van der Waals surface area contributed by atoms with Crippen molar-refractivity contribution in [2.24, 2.45) is 0 Å². The van der Waals surface area contributed by atoms with E-state index in [4.69, 9.17) is 4.74 Å². The minimum absolute atomic E-state index is 0.0442. The molecule has 0 fully saturated rings. The van der Waals surface area contributed by atoms with E-state index in [2.05, 4.69) is 99.0 Å². The second kappa shape index (κ2) is 52.3. The predicted molar refractivity (Wildman–Crippen MR) is 282 cm³/mol. The summed E-state index contributed by atoms with van der Waals surface area (Å²) in [6.07, 6.45) is 66.7. The van der Waals surface area contributed by atoms with Gasteiger partial charge in [-0.2, -0.15) is 0 Å². The van der Waals surface area contributed by atoms with Gasteiger partial charge in [-0.25, -0.2) is 0 Å². The third kappa shape index (κ3) is 47.6. The van der Waals surface area contributed by atoms with Crippen molar-refractivity contribution in [2.45, 2.75) is 283 Å². The average Bonchev–Trinajstić information content (AvgIpc) is 3.30. The van der Waals surface area contributed by atoms with Gasteiger partial charge in [0.15, 0.2) is 0 Å². The highest BCUT2D eigenvalue weighted by atomic mass is 16.5. The number of amides is 1. The lowest BCUT2D eigenvalue weighted by Crippen LogP contribution is -2.46. The van der Waals surface area contributed by atoms with E-state index in [0.29, 0.717) is 19.3 Å². The number of allylic oxidation sites excluding steroid dienone is 12. The van der Waals surface area contributed by atoms with Gasteiger partial charge >= 0.3 is 5.97 Å². The minimum atomic E-state index is -0.803. The maximum absolute atomic E-state index is 13.2. The quantitative estimate of drug-likeness (QED) is 0.0321. The van der Waals surface area contributed by atoms with Gasteiger partial charge in [0, 0.05) is 6.42 Å². The minimum Gasteiger partial charge on any atom is -0.462 e. The highest BCUT2D eigenvalue weighted by Gasteiger charge is 2.24. The Morgan fingerprint density at radius 1 is 0.446 bits per heavy atom. The summed E-state index contributed by atoms with van der Waals surface area (Å²) < 4.78 is 5.93. The Bertz CT molecular complexity index is 1200. The van der Waals surface area contributed by atoms with Crippen LogP contribution in [-0.2, 0) is 14.3 Å². The van der Waals surface area contributed by atoms with Crippen molar-refractivity contribution in [1.82, 2.24) is 5.32 Å². The number of unbranched alkanes of at least 4 members (excludes halogenated alkanes) is 25. The van der Waals surface area contributed by atoms with Crippen LogP contribution < -0.4 is 5.32 Å². The summed E-state index contributed by atoms with van der Waals surface area (Å²) in [5, 5.41) is 23.8. The van der Waals surface area contributed by atoms with E-state index in [-0.39, 0.29) is 24.9 Å². The van der Waals surface area contributed by atoms with Gasteiger partial charge in [-0.1, -0.05) is 222 Å². The van der Waals surface area contributed by atoms with E-state index < -0.39 is 18.2 Å². The Morgan fingerprint density at radius 3 is 1.23 bits per heavy atom. The van der Waals surface area contributed by atoms with Gasteiger partial charge in [0.1, 0.15) is 6.10 Å². The number of aliphatic hydroxyl groups excluding tert-OH is 2. The second-order valence-corrected chi connectivity index (χ2v) is 18.6. The largest absolute Gasteiger partial charge is 0.462 e. The molecular formula is C59H105NO5. The van der Waals surface area contributed by atoms with Crippen molar-refractivity contribution >= 4 is 11.9 Å². The molecule has 0 heterocycles. The monoisotopic (exact) mass is 908 g/mol. The van der Waals surface area contributed by atoms with Crippen molar-refractivity contribution in [3.63, 3.8) is 0 Å². The standard InChI is InChI=1S/C59H105NO5/c1-4-7-10-13-16-19-22-25-27-28-29-30-32-34-37-40-43-46-49-52-59(64)65-55(50-47-44-41-38-35-33-31-26-23-20-17-14-11-8-5-2)53-58(63)60-56(54-61)57(62)51-48-45-42-39-36-24-21-18-15-12-9-6-3/h16-17,19-20,25-27,29-31,35,38,55-57,61-62H,4-15,18,21-24,28,32-34,36-37,39-54H2,1-3H3,(H,60,63)/b19-16-,20-17-,27-25-,30-29-,31-26-,38-35-. The van der Waals surface area contributed by atoms with E-state index >= 15 is 0 Å². The second-order valence-electron chi connectivity index (χ2n) is 18.6. The van der Waals surface area contributed by atoms with Crippen molar-refractivity contribution < 1.29 is 24.5 Å². The molecule has 0 spiro atoms. The molecule has 3 atom stereocenters. The average molecular weight is 908 g/mol. The number of aliphatic hydroxyl groups is 2. The third-order valence-electron chi connectivity index (χ3n) is 12.3. The highest BCUT2D eigenvalue weighted by Crippen LogP contribution is 2.17. The molecule has 65 heavy (non-hydrogen) atoms. The Kier molecular flexibility index (Phi) is 50.1. The summed E-state index contributed by atoms with van der Waals surface area (Å²) in [6, 6.07) is -0.719. The van der Waals surface area contributed by atoms with Crippen LogP contribution in [0.15, 0.2) is 72.9 Å². The van der Waals surface area contributed by atoms with Gasteiger partial charge in [0.05, 0.1) is 25.2 Å². The fourth-order valence-corrected chi connectivity index (χ4v) is 8.03. The molecule has 1 amide bonds. The first kappa shape index (κ1) is 62.3. The fraction of sp³-hybridized carbons (Fsp3) is 0.763. The van der Waals surface area contributed by atoms with Crippen molar-refractivity contribution in [3.8, 4) is 0 Å². The van der Waals surface area contributed by atoms with Crippen LogP contribution >= 0.6 is 0 Å². The summed E-state index contributed by atoms with van der Waals surface area (Å²) in [5.74, 6) is -0.525. The summed E-state index contributed by atoms with van der Waals surface area (Å²) in [4.78, 5) is 26.2. The van der Waals surface area contributed by atoms with Crippen molar-refractivity contribution in [1.29, 1.82) is 0 Å². The van der Waals surface area contributed by atoms with Gasteiger partial charge in [0.2, 0.25) is 5.91 Å². The van der Waals surface area contributed by atoms with E-state index in [1.807, 2.05) is 0 Å². The zero-order chi connectivity index (χ0) is 47.4. The van der Waals surface area contributed by atoms with Gasteiger partial charge in [-0.3, -0.25) is 9.59 Å². The van der Waals surface area contributed by atoms with Crippen LogP contribution in [0.3, 0.4) is 0 Å². The zero-order valence-electron chi connectivity index (χ0n) is 42.9. The smallest absolute Gasteiger partial charge is 0.306 e. The number of ether oxygens (including phenoxy) is 1. The lowest BCUT2D eigenvalue weighted by molar-refractivity contribution is -0.151. The number of carbonyl (C=O) groups is 2. The molecule has 0 aliphatic heterocycles. The molecule has 376 valence electrons. The molecular weight excluding hydrogens is 803 g/mol. The molecule has 0 saturated heterocycles. The number of hydrogen-bond donors (Lipinski definition) is 3. The molecule has 0 radical (unpaired) electrons. The number of hydrogen-bond acceptors (Lipinski definition) is 5. The van der Waals surface area contributed by atoms with Crippen molar-refractivity contribution in [2.75, 3.05) is 6.61 Å². The first-order chi connectivity index (χ1) is 32.0. The van der Waals surface area contributed by atoms with E-state index in [0.717, 1.165) is 89.9 Å². The van der Waals surface area contributed by atoms with E-state index in [1.54, 1.807) is 0 Å². The molecule has 3 unspecified atom stereocenters. The first-order valence-electron chi connectivity index (χ1n) is 27.7. The summed E-state index contributed by atoms with van der Waals surface area (Å²) in [5.41, 5.74) is 0. The molecule has 0 aliphatic carbocycles. The van der Waals surface area contributed by atoms with Crippen LogP contribution in [0.5, 0.6) is 0 Å². The van der Waals surface area contributed by atoms with Crippen LogP contribution in [0.4, 0.5) is 0 Å². The Labute approximate surface area is 402 Å². The summed E-state index contributed by atoms with van der Waals surface area (Å²) in [6.45, 7) is 6.42. The first-order valence-corrected chi connectivity index (χ1v) is 27.7. The number of rotatable bonds is 49. The normalized spacial score (nSPS) is 13.7. The molecule has 0 saturated carbocycles. The molecule has 0 bridgehead atoms. The fourth-order valence-electron chi connectivity index (χ4n) is 8.03. The Balaban J connectivity index is 4.65. The Hall–Kier alpha value is -2.70. The molecule has 3 N–H and O–H groups in total. The van der Waals surface area contributed by atoms with Gasteiger partial charge in [-0.15, -0.1) is 0 Å². The van der Waals surface area contributed by atoms with Gasteiger partial charge in [0.25, 0.3) is 0 Å². The molecule has 0 aromatic rings. The molecule has 0 aromatic heterocycles. The maximum Gasteiger partial charge on any atom is 0.306 e. The molecule has 0 aromatic carbocycles. The number of carbonyl (C=O) groups excluding carboxylic acids is 2. The topological polar surface area (TPSA) is 95.9 Å². The molecule has 6 nitrogen and oxygen atoms in total. The summed E-state index contributed by atoms with van der Waals surface area (Å²) >= 11 is 0. The SMILES string of the molecule is CCCCC/C=C\C/C=C\C/C=C\CCCCCCCCC(=O)OC(CCCC/C=C\C/C=C\C/C=C\CCCCC)CC(=O)NC(CO)C(O)CCCCCCCCCCCCCC. The molecule has 6 heteroatoms. The van der Waals surface area contributed by atoms with Crippen molar-refractivity contribution in [3.05, 3.63) is 72.9 Å². The van der Waals surface area contributed by atoms with Gasteiger partial charge in [-0.05, 0) is 103 Å². The van der Waals surface area contributed by atoms with Crippen LogP contribution in [0.25, 0.3) is 0 Å². The predicted octanol–water partition coefficient (Wildman–Crippen LogP) is 17.0. The van der Waals surface area contributed by atoms with E-state index in [1.165, 1.54) is 128 Å². The van der Waals surface area contributed by atoms with Crippen LogP contribution in [0.2, 0.25) is 0 Å². The Morgan fingerprint density at radius 2 is 0.785 bits per heavy atom.